The number of rotatable bonds is 14. The Morgan fingerprint density at radius 2 is 1.73 bits per heavy atom. The summed E-state index contributed by atoms with van der Waals surface area (Å²) in [6.07, 6.45) is 7.95. The summed E-state index contributed by atoms with van der Waals surface area (Å²) in [4.78, 5) is 43.8. The normalized spacial score (nSPS) is 10.9. The number of benzene rings is 3. The number of aromatic nitrogens is 3. The molecule has 1 heterocycles. The molecule has 0 atom stereocenters. The van der Waals surface area contributed by atoms with Crippen molar-refractivity contribution in [1.29, 1.82) is 0 Å². The number of hydrogen-bond acceptors (Lipinski definition) is 9. The third kappa shape index (κ3) is 8.28. The van der Waals surface area contributed by atoms with E-state index >= 15 is 0 Å². The number of methoxy groups -OCH3 is 1. The average molecular weight is 620 g/mol. The molecule has 0 radical (unpaired) electrons. The van der Waals surface area contributed by atoms with Crippen LogP contribution < -0.4 is 15.0 Å². The number of nitrogens with one attached hydrogen (secondary N) is 1. The Hall–Kier alpha value is -4.58. The molecule has 1 aromatic heterocycles. The molecule has 0 fully saturated rings. The molecule has 3 aromatic carbocycles. The third-order valence-corrected chi connectivity index (χ3v) is 7.82. The van der Waals surface area contributed by atoms with Crippen LogP contribution in [-0.2, 0) is 9.53 Å². The predicted octanol–water partition coefficient (Wildman–Crippen LogP) is 6.50. The van der Waals surface area contributed by atoms with Gasteiger partial charge in [-0.3, -0.25) is 14.5 Å². The first-order valence-electron chi connectivity index (χ1n) is 14.5. The number of hydrogen-bond donors (Lipinski definition) is 2. The SMILES string of the molecule is CCCCCCCCOC(=O)CSc1ncn(C(=O)N(C)c2cccc3c(O)c(C(=O)Nc4ccc(OC)cc4)ccc23)n1. The predicted molar refractivity (Wildman–Crippen MR) is 171 cm³/mol. The zero-order valence-electron chi connectivity index (χ0n) is 25.1. The van der Waals surface area contributed by atoms with Crippen LogP contribution in [0, 0.1) is 0 Å². The fourth-order valence-corrected chi connectivity index (χ4v) is 5.17. The number of anilines is 2. The Kier molecular flexibility index (Phi) is 11.6. The Labute approximate surface area is 260 Å². The lowest BCUT2D eigenvalue weighted by Crippen LogP contribution is -2.31. The van der Waals surface area contributed by atoms with Crippen molar-refractivity contribution in [3.8, 4) is 11.5 Å². The number of carbonyl (C=O) groups is 3. The molecule has 2 N–H and O–H groups in total. The lowest BCUT2D eigenvalue weighted by atomic mass is 10.0. The van der Waals surface area contributed by atoms with Crippen molar-refractivity contribution in [2.45, 2.75) is 50.6 Å². The Morgan fingerprint density at radius 1 is 0.977 bits per heavy atom. The molecule has 12 heteroatoms. The van der Waals surface area contributed by atoms with Crippen LogP contribution in [0.15, 0.2) is 66.1 Å². The number of nitrogens with zero attached hydrogens (tertiary/aromatic N) is 4. The first-order chi connectivity index (χ1) is 21.3. The number of carbonyl (C=O) groups excluding carboxylic acids is 3. The van der Waals surface area contributed by atoms with E-state index in [1.54, 1.807) is 62.7 Å². The largest absolute Gasteiger partial charge is 0.506 e. The monoisotopic (exact) mass is 619 g/mol. The molecule has 44 heavy (non-hydrogen) atoms. The topological polar surface area (TPSA) is 136 Å². The van der Waals surface area contributed by atoms with Gasteiger partial charge in [0.25, 0.3) is 5.91 Å². The van der Waals surface area contributed by atoms with Crippen molar-refractivity contribution >= 4 is 51.8 Å². The van der Waals surface area contributed by atoms with Crippen molar-refractivity contribution in [1.82, 2.24) is 14.8 Å². The van der Waals surface area contributed by atoms with Crippen LogP contribution in [0.2, 0.25) is 0 Å². The van der Waals surface area contributed by atoms with Crippen molar-refractivity contribution < 1.29 is 29.0 Å². The van der Waals surface area contributed by atoms with Crippen LogP contribution in [0.1, 0.15) is 55.8 Å². The summed E-state index contributed by atoms with van der Waals surface area (Å²) < 4.78 is 11.5. The number of phenolic OH excluding ortho intramolecular Hbond substituents is 1. The third-order valence-electron chi connectivity index (χ3n) is 7.00. The van der Waals surface area contributed by atoms with Gasteiger partial charge in [0, 0.05) is 23.5 Å². The maximum Gasteiger partial charge on any atom is 0.350 e. The highest BCUT2D eigenvalue weighted by atomic mass is 32.2. The summed E-state index contributed by atoms with van der Waals surface area (Å²) in [5.41, 5.74) is 1.13. The van der Waals surface area contributed by atoms with Crippen molar-refractivity contribution in [2.75, 3.05) is 36.7 Å². The van der Waals surface area contributed by atoms with Gasteiger partial charge in [-0.2, -0.15) is 4.68 Å². The summed E-state index contributed by atoms with van der Waals surface area (Å²) >= 11 is 1.09. The second-order valence-electron chi connectivity index (χ2n) is 10.1. The number of unbranched alkanes of at least 4 members (excludes halogenated alkanes) is 5. The number of amides is 2. The molecule has 2 amide bonds. The van der Waals surface area contributed by atoms with E-state index in [2.05, 4.69) is 22.3 Å². The van der Waals surface area contributed by atoms with E-state index in [4.69, 9.17) is 9.47 Å². The maximum absolute atomic E-state index is 13.3. The fraction of sp³-hybridized carbons (Fsp3) is 0.344. The van der Waals surface area contributed by atoms with Gasteiger partial charge in [-0.05, 0) is 42.8 Å². The quantitative estimate of drug-likeness (QED) is 0.0921. The number of ether oxygens (including phenoxy) is 2. The van der Waals surface area contributed by atoms with Gasteiger partial charge in [0.15, 0.2) is 0 Å². The molecule has 0 saturated carbocycles. The average Bonchev–Trinajstić information content (AvgIpc) is 3.52. The highest BCUT2D eigenvalue weighted by Crippen LogP contribution is 2.35. The summed E-state index contributed by atoms with van der Waals surface area (Å²) in [6, 6.07) is 14.6. The standard InChI is InChI=1S/C32H37N5O6S/c1-4-5-6-7-8-9-19-43-28(38)20-44-31-33-21-37(35-31)32(41)36(2)27-12-10-11-25-24(27)17-18-26(29(25)39)30(40)34-22-13-15-23(42-3)16-14-22/h10-18,21,39H,4-9,19-20H2,1-3H3,(H,34,40). The Morgan fingerprint density at radius 3 is 2.48 bits per heavy atom. The number of thioether (sulfide) groups is 1. The van der Waals surface area contributed by atoms with Crippen LogP contribution in [0.4, 0.5) is 16.2 Å². The van der Waals surface area contributed by atoms with Crippen molar-refractivity contribution in [3.05, 3.63) is 66.5 Å². The minimum absolute atomic E-state index is 0.0425. The van der Waals surface area contributed by atoms with Crippen molar-refractivity contribution in [3.63, 3.8) is 0 Å². The molecule has 4 aromatic rings. The number of aromatic hydroxyl groups is 1. The smallest absolute Gasteiger partial charge is 0.350 e. The van der Waals surface area contributed by atoms with E-state index in [0.29, 0.717) is 34.5 Å². The lowest BCUT2D eigenvalue weighted by Gasteiger charge is -2.19. The first-order valence-corrected chi connectivity index (χ1v) is 15.5. The zero-order valence-corrected chi connectivity index (χ0v) is 25.9. The van der Waals surface area contributed by atoms with Gasteiger partial charge >= 0.3 is 12.0 Å². The van der Waals surface area contributed by atoms with Gasteiger partial charge in [-0.15, -0.1) is 5.10 Å². The van der Waals surface area contributed by atoms with Gasteiger partial charge in [0.1, 0.15) is 17.8 Å². The summed E-state index contributed by atoms with van der Waals surface area (Å²) in [7, 11) is 3.13. The van der Waals surface area contributed by atoms with Gasteiger partial charge in [-0.1, -0.05) is 69.0 Å². The molecule has 0 bridgehead atoms. The van der Waals surface area contributed by atoms with Crippen LogP contribution in [0.25, 0.3) is 10.8 Å². The molecular formula is C32H37N5O6S. The fourth-order valence-electron chi connectivity index (χ4n) is 4.57. The van der Waals surface area contributed by atoms with E-state index in [0.717, 1.165) is 35.7 Å². The Bertz CT molecular complexity index is 1590. The van der Waals surface area contributed by atoms with Crippen LogP contribution in [-0.4, -0.2) is 64.3 Å². The highest BCUT2D eigenvalue weighted by molar-refractivity contribution is 7.99. The minimum atomic E-state index is -0.497. The first kappa shape index (κ1) is 32.3. The minimum Gasteiger partial charge on any atom is -0.506 e. The van der Waals surface area contributed by atoms with Gasteiger partial charge in [-0.25, -0.2) is 9.78 Å². The summed E-state index contributed by atoms with van der Waals surface area (Å²) in [6.45, 7) is 2.57. The summed E-state index contributed by atoms with van der Waals surface area (Å²) in [5, 5.41) is 19.2. The number of phenols is 1. The molecule has 232 valence electrons. The molecule has 0 aliphatic rings. The van der Waals surface area contributed by atoms with Gasteiger partial charge in [0.2, 0.25) is 5.16 Å². The van der Waals surface area contributed by atoms with Crippen LogP contribution in [0.3, 0.4) is 0 Å². The zero-order chi connectivity index (χ0) is 31.5. The van der Waals surface area contributed by atoms with E-state index in [1.165, 1.54) is 36.6 Å². The lowest BCUT2D eigenvalue weighted by molar-refractivity contribution is -0.140. The maximum atomic E-state index is 13.3. The molecular weight excluding hydrogens is 582 g/mol. The second kappa shape index (κ2) is 15.8. The molecule has 0 unspecified atom stereocenters. The molecule has 0 spiro atoms. The number of esters is 1. The second-order valence-corrected chi connectivity index (χ2v) is 11.0. The van der Waals surface area contributed by atoms with Gasteiger partial charge in [0.05, 0.1) is 30.7 Å². The molecule has 0 aliphatic heterocycles. The van der Waals surface area contributed by atoms with E-state index < -0.39 is 11.9 Å². The highest BCUT2D eigenvalue weighted by Gasteiger charge is 2.21. The molecule has 0 aliphatic carbocycles. The molecule has 11 nitrogen and oxygen atoms in total. The van der Waals surface area contributed by atoms with Crippen LogP contribution >= 0.6 is 11.8 Å². The molecule has 0 saturated heterocycles. The van der Waals surface area contributed by atoms with Gasteiger partial charge < -0.3 is 19.9 Å². The molecule has 4 rings (SSSR count). The Balaban J connectivity index is 1.37. The summed E-state index contributed by atoms with van der Waals surface area (Å²) in [5.74, 6) is -0.346. The number of fused-ring (bicyclic) bond motifs is 1. The van der Waals surface area contributed by atoms with Crippen molar-refractivity contribution in [2.24, 2.45) is 0 Å². The van der Waals surface area contributed by atoms with E-state index in [9.17, 15) is 19.5 Å². The van der Waals surface area contributed by atoms with Crippen LogP contribution in [0.5, 0.6) is 11.5 Å². The van der Waals surface area contributed by atoms with E-state index in [1.807, 2.05) is 0 Å². The van der Waals surface area contributed by atoms with E-state index in [-0.39, 0.29) is 28.2 Å².